The molecular formula is C27H45N3O7. The van der Waals surface area contributed by atoms with Crippen LogP contribution in [-0.2, 0) is 9.53 Å². The van der Waals surface area contributed by atoms with Crippen molar-refractivity contribution in [3.05, 3.63) is 24.2 Å². The van der Waals surface area contributed by atoms with Crippen molar-refractivity contribution in [3.8, 4) is 5.88 Å². The molecule has 2 heterocycles. The number of rotatable bonds is 20. The summed E-state index contributed by atoms with van der Waals surface area (Å²) in [5.41, 5.74) is 5.10. The zero-order valence-corrected chi connectivity index (χ0v) is 22.2. The van der Waals surface area contributed by atoms with Crippen LogP contribution in [0.1, 0.15) is 107 Å². The highest BCUT2D eigenvalue weighted by Gasteiger charge is 2.38. The van der Waals surface area contributed by atoms with E-state index in [1.54, 1.807) is 0 Å². The topological polar surface area (TPSA) is 146 Å². The van der Waals surface area contributed by atoms with Crippen LogP contribution in [0.5, 0.6) is 5.88 Å². The van der Waals surface area contributed by atoms with Crippen LogP contribution in [-0.4, -0.2) is 63.3 Å². The first kappa shape index (κ1) is 30.8. The molecule has 0 aliphatic carbocycles. The van der Waals surface area contributed by atoms with Crippen molar-refractivity contribution in [1.29, 1.82) is 0 Å². The molecule has 0 saturated carbocycles. The molecule has 0 spiro atoms. The molecule has 2 rings (SSSR count). The largest absolute Gasteiger partial charge is 0.403 e. The zero-order valence-electron chi connectivity index (χ0n) is 22.2. The van der Waals surface area contributed by atoms with E-state index in [0.29, 0.717) is 6.42 Å². The first-order valence-corrected chi connectivity index (χ1v) is 13.8. The SMILES string of the molecule is CCCCCCCC/C=C\CCCCCCCC(=O)Oc1c(C(N)=O)ncn1O[C@H]1CO[C@H](CO)[C@H]1O. The van der Waals surface area contributed by atoms with Gasteiger partial charge in [-0.1, -0.05) is 70.4 Å². The van der Waals surface area contributed by atoms with Gasteiger partial charge in [-0.25, -0.2) is 4.98 Å². The molecule has 1 saturated heterocycles. The van der Waals surface area contributed by atoms with Gasteiger partial charge in [0, 0.05) is 6.42 Å². The van der Waals surface area contributed by atoms with Gasteiger partial charge in [-0.05, 0) is 32.1 Å². The van der Waals surface area contributed by atoms with E-state index in [1.165, 1.54) is 44.9 Å². The fraction of sp³-hybridized carbons (Fsp3) is 0.741. The summed E-state index contributed by atoms with van der Waals surface area (Å²) in [5, 5.41) is 19.4. The van der Waals surface area contributed by atoms with E-state index in [4.69, 9.17) is 20.0 Å². The van der Waals surface area contributed by atoms with Crippen LogP contribution in [0.3, 0.4) is 0 Å². The standard InChI is InChI=1S/C27H45N3O7/c1-2-3-4-5-6-7-8-9-10-11-12-13-14-15-16-17-23(32)36-27-24(26(28)34)29-20-30(27)37-22-19-35-21(18-31)25(22)33/h9-10,20-22,25,31,33H,2-8,11-19H2,1H3,(H2,28,34)/b10-9-/t21-,22+,25-/m1/s1. The quantitative estimate of drug-likeness (QED) is 0.134. The molecule has 3 atom stereocenters. The summed E-state index contributed by atoms with van der Waals surface area (Å²) in [6.07, 6.45) is 18.3. The molecule has 0 unspecified atom stereocenters. The van der Waals surface area contributed by atoms with Gasteiger partial charge in [-0.3, -0.25) is 9.59 Å². The number of imidazole rings is 1. The van der Waals surface area contributed by atoms with Crippen LogP contribution >= 0.6 is 0 Å². The Morgan fingerprint density at radius 1 is 1.08 bits per heavy atom. The van der Waals surface area contributed by atoms with Gasteiger partial charge in [0.05, 0.1) is 13.2 Å². The molecule has 1 aromatic rings. The van der Waals surface area contributed by atoms with Crippen molar-refractivity contribution in [2.45, 2.75) is 115 Å². The van der Waals surface area contributed by atoms with Gasteiger partial charge in [0.25, 0.3) is 11.8 Å². The van der Waals surface area contributed by atoms with E-state index in [-0.39, 0.29) is 31.2 Å². The lowest BCUT2D eigenvalue weighted by Crippen LogP contribution is -2.39. The number of hydrogen-bond donors (Lipinski definition) is 3. The number of ether oxygens (including phenoxy) is 2. The molecular weight excluding hydrogens is 478 g/mol. The highest BCUT2D eigenvalue weighted by atomic mass is 16.7. The number of hydrogen-bond acceptors (Lipinski definition) is 8. The third kappa shape index (κ3) is 11.2. The summed E-state index contributed by atoms with van der Waals surface area (Å²) in [7, 11) is 0. The average molecular weight is 524 g/mol. The number of unbranched alkanes of at least 4 members (excludes halogenated alkanes) is 11. The third-order valence-electron chi connectivity index (χ3n) is 6.45. The summed E-state index contributed by atoms with van der Waals surface area (Å²) < 4.78 is 11.6. The molecule has 0 radical (unpaired) electrons. The molecule has 1 aromatic heterocycles. The first-order valence-electron chi connectivity index (χ1n) is 13.8. The Bertz CT molecular complexity index is 827. The van der Waals surface area contributed by atoms with Gasteiger partial charge < -0.3 is 30.3 Å². The number of amides is 1. The summed E-state index contributed by atoms with van der Waals surface area (Å²) in [5.74, 6) is -1.63. The number of nitrogens with zero attached hydrogens (tertiary/aromatic N) is 2. The minimum Gasteiger partial charge on any atom is -0.403 e. The second-order valence-electron chi connectivity index (χ2n) is 9.59. The maximum absolute atomic E-state index is 12.4. The summed E-state index contributed by atoms with van der Waals surface area (Å²) in [4.78, 5) is 33.5. The molecule has 37 heavy (non-hydrogen) atoms. The molecule has 1 aliphatic heterocycles. The molecule has 210 valence electrons. The highest BCUT2D eigenvalue weighted by molar-refractivity contribution is 5.93. The molecule has 4 N–H and O–H groups in total. The number of allylic oxidation sites excluding steroid dienone is 2. The number of aromatic nitrogens is 2. The Balaban J connectivity index is 1.62. The maximum Gasteiger partial charge on any atom is 0.312 e. The average Bonchev–Trinajstić information content (AvgIpc) is 3.44. The number of aliphatic hydroxyl groups excluding tert-OH is 2. The molecule has 0 aromatic carbocycles. The minimum absolute atomic E-state index is 0.0127. The number of esters is 1. The predicted molar refractivity (Wildman–Crippen MR) is 139 cm³/mol. The normalized spacial score (nSPS) is 19.5. The third-order valence-corrected chi connectivity index (χ3v) is 6.45. The summed E-state index contributed by atoms with van der Waals surface area (Å²) in [6.45, 7) is 1.89. The van der Waals surface area contributed by atoms with Gasteiger partial charge in [0.2, 0.25) is 0 Å². The number of carbonyl (C=O) groups excluding carboxylic acids is 2. The lowest BCUT2D eigenvalue weighted by molar-refractivity contribution is -0.136. The zero-order chi connectivity index (χ0) is 26.9. The van der Waals surface area contributed by atoms with Crippen molar-refractivity contribution in [1.82, 2.24) is 9.71 Å². The van der Waals surface area contributed by atoms with Crippen molar-refractivity contribution >= 4 is 11.9 Å². The van der Waals surface area contributed by atoms with E-state index in [9.17, 15) is 19.8 Å². The molecule has 0 bridgehead atoms. The van der Waals surface area contributed by atoms with E-state index >= 15 is 0 Å². The monoisotopic (exact) mass is 523 g/mol. The van der Waals surface area contributed by atoms with E-state index in [1.807, 2.05) is 0 Å². The van der Waals surface area contributed by atoms with E-state index < -0.39 is 30.2 Å². The van der Waals surface area contributed by atoms with Crippen LogP contribution in [0.25, 0.3) is 0 Å². The van der Waals surface area contributed by atoms with Gasteiger partial charge in [0.1, 0.15) is 18.5 Å². The Kier molecular flexibility index (Phi) is 14.9. The fourth-order valence-electron chi connectivity index (χ4n) is 4.21. The summed E-state index contributed by atoms with van der Waals surface area (Å²) >= 11 is 0. The second-order valence-corrected chi connectivity index (χ2v) is 9.59. The number of aliphatic hydroxyl groups is 2. The van der Waals surface area contributed by atoms with E-state index in [2.05, 4.69) is 24.1 Å². The van der Waals surface area contributed by atoms with Gasteiger partial charge in [-0.2, -0.15) is 0 Å². The second kappa shape index (κ2) is 17.9. The first-order chi connectivity index (χ1) is 18.0. The molecule has 1 fully saturated rings. The van der Waals surface area contributed by atoms with Crippen LogP contribution in [0.2, 0.25) is 0 Å². The number of carbonyl (C=O) groups is 2. The van der Waals surface area contributed by atoms with E-state index in [0.717, 1.165) is 43.2 Å². The van der Waals surface area contributed by atoms with Gasteiger partial charge in [0.15, 0.2) is 11.8 Å². The Labute approximate surface area is 220 Å². The minimum atomic E-state index is -1.09. The van der Waals surface area contributed by atoms with Crippen LogP contribution in [0, 0.1) is 0 Å². The maximum atomic E-state index is 12.4. The van der Waals surface area contributed by atoms with Crippen molar-refractivity contribution in [2.75, 3.05) is 13.2 Å². The molecule has 1 amide bonds. The van der Waals surface area contributed by atoms with Crippen LogP contribution in [0.4, 0.5) is 0 Å². The Morgan fingerprint density at radius 2 is 1.70 bits per heavy atom. The predicted octanol–water partition coefficient (Wildman–Crippen LogP) is 3.47. The van der Waals surface area contributed by atoms with Crippen molar-refractivity contribution < 1.29 is 34.1 Å². The molecule has 1 aliphatic rings. The van der Waals surface area contributed by atoms with Crippen molar-refractivity contribution in [2.24, 2.45) is 5.73 Å². The Morgan fingerprint density at radius 3 is 2.30 bits per heavy atom. The smallest absolute Gasteiger partial charge is 0.312 e. The van der Waals surface area contributed by atoms with Gasteiger partial charge in [-0.15, -0.1) is 4.73 Å². The van der Waals surface area contributed by atoms with Crippen LogP contribution < -0.4 is 15.3 Å². The Hall–Kier alpha value is -2.43. The number of primary amides is 1. The van der Waals surface area contributed by atoms with Crippen molar-refractivity contribution in [3.63, 3.8) is 0 Å². The lowest BCUT2D eigenvalue weighted by Gasteiger charge is -2.18. The number of nitrogens with two attached hydrogens (primary N) is 1. The molecule has 10 nitrogen and oxygen atoms in total. The van der Waals surface area contributed by atoms with Gasteiger partial charge >= 0.3 is 5.97 Å². The van der Waals surface area contributed by atoms with Crippen LogP contribution in [0.15, 0.2) is 18.5 Å². The molecule has 10 heteroatoms. The lowest BCUT2D eigenvalue weighted by atomic mass is 10.1. The highest BCUT2D eigenvalue weighted by Crippen LogP contribution is 2.21. The fourth-order valence-corrected chi connectivity index (χ4v) is 4.21. The summed E-state index contributed by atoms with van der Waals surface area (Å²) in [6, 6.07) is 0.